The number of phenols is 1. The first-order valence-electron chi connectivity index (χ1n) is 10.2. The number of benzene rings is 2. The van der Waals surface area contributed by atoms with Crippen LogP contribution in [0, 0.1) is 6.92 Å². The van der Waals surface area contributed by atoms with E-state index in [4.69, 9.17) is 0 Å². The Morgan fingerprint density at radius 1 is 1.11 bits per heavy atom. The first kappa shape index (κ1) is 20.2. The number of nitrogens with one attached hydrogen (secondary N) is 2. The fourth-order valence-electron chi connectivity index (χ4n) is 3.64. The van der Waals surface area contributed by atoms with Crippen molar-refractivity contribution in [2.24, 2.45) is 4.99 Å². The molecule has 0 unspecified atom stereocenters. The van der Waals surface area contributed by atoms with Gasteiger partial charge in [-0.2, -0.15) is 0 Å². The number of phenolic OH excluding ortho intramolecular Hbond substituents is 1. The summed E-state index contributed by atoms with van der Waals surface area (Å²) in [6.45, 7) is 8.83. The number of piperidine rings is 1. The van der Waals surface area contributed by atoms with Crippen molar-refractivity contribution >= 4 is 5.96 Å². The molecule has 0 spiro atoms. The molecule has 3 N–H and O–H groups in total. The maximum Gasteiger partial charge on any atom is 0.191 e. The Kier molecular flexibility index (Phi) is 7.31. The number of nitrogens with zero attached hydrogens (tertiary/aromatic N) is 2. The predicted octanol–water partition coefficient (Wildman–Crippen LogP) is 3.42. The van der Waals surface area contributed by atoms with Gasteiger partial charge in [-0.15, -0.1) is 0 Å². The molecule has 1 saturated heterocycles. The van der Waals surface area contributed by atoms with E-state index in [1.807, 2.05) is 12.1 Å². The Morgan fingerprint density at radius 3 is 2.57 bits per heavy atom. The van der Waals surface area contributed by atoms with Crippen molar-refractivity contribution < 1.29 is 5.11 Å². The molecular formula is C23H32N4O. The van der Waals surface area contributed by atoms with E-state index in [1.165, 1.54) is 11.1 Å². The lowest BCUT2D eigenvalue weighted by Gasteiger charge is -2.33. The third-order valence-electron chi connectivity index (χ3n) is 5.09. The molecule has 28 heavy (non-hydrogen) atoms. The second kappa shape index (κ2) is 10.1. The lowest BCUT2D eigenvalue weighted by atomic mass is 10.0. The van der Waals surface area contributed by atoms with Gasteiger partial charge < -0.3 is 15.7 Å². The Labute approximate surface area is 168 Å². The van der Waals surface area contributed by atoms with Gasteiger partial charge in [-0.3, -0.25) is 4.90 Å². The van der Waals surface area contributed by atoms with Gasteiger partial charge in [-0.05, 0) is 49.9 Å². The van der Waals surface area contributed by atoms with Crippen molar-refractivity contribution in [2.75, 3.05) is 19.6 Å². The van der Waals surface area contributed by atoms with E-state index in [1.54, 1.807) is 12.1 Å². The molecule has 2 aromatic rings. The van der Waals surface area contributed by atoms with Gasteiger partial charge in [0.2, 0.25) is 0 Å². The van der Waals surface area contributed by atoms with Crippen LogP contribution in [0.3, 0.4) is 0 Å². The number of rotatable bonds is 6. The topological polar surface area (TPSA) is 59.9 Å². The number of aryl methyl sites for hydroxylation is 1. The zero-order chi connectivity index (χ0) is 19.8. The molecule has 0 aromatic heterocycles. The van der Waals surface area contributed by atoms with Crippen LogP contribution in [0.4, 0.5) is 0 Å². The maximum atomic E-state index is 9.60. The second-order valence-corrected chi connectivity index (χ2v) is 7.55. The maximum absolute atomic E-state index is 9.60. The average Bonchev–Trinajstić information content (AvgIpc) is 2.68. The molecule has 0 saturated carbocycles. The van der Waals surface area contributed by atoms with Gasteiger partial charge in [0.15, 0.2) is 5.96 Å². The third-order valence-corrected chi connectivity index (χ3v) is 5.09. The molecule has 1 heterocycles. The predicted molar refractivity (Wildman–Crippen MR) is 116 cm³/mol. The fraction of sp³-hybridized carbons (Fsp3) is 0.435. The van der Waals surface area contributed by atoms with Crippen LogP contribution in [-0.2, 0) is 13.1 Å². The van der Waals surface area contributed by atoms with E-state index in [9.17, 15) is 5.11 Å². The van der Waals surface area contributed by atoms with Crippen LogP contribution < -0.4 is 10.6 Å². The molecule has 5 heteroatoms. The van der Waals surface area contributed by atoms with Crippen LogP contribution in [-0.4, -0.2) is 41.6 Å². The molecule has 0 aliphatic carbocycles. The summed E-state index contributed by atoms with van der Waals surface area (Å²) >= 11 is 0. The van der Waals surface area contributed by atoms with Gasteiger partial charge in [0.05, 0.1) is 6.54 Å². The summed E-state index contributed by atoms with van der Waals surface area (Å²) in [5, 5.41) is 16.5. The molecule has 1 aliphatic rings. The highest BCUT2D eigenvalue weighted by atomic mass is 16.3. The molecule has 0 amide bonds. The highest BCUT2D eigenvalue weighted by Gasteiger charge is 2.20. The lowest BCUT2D eigenvalue weighted by Crippen LogP contribution is -2.48. The lowest BCUT2D eigenvalue weighted by molar-refractivity contribution is 0.198. The van der Waals surface area contributed by atoms with Crippen LogP contribution in [0.2, 0.25) is 0 Å². The summed E-state index contributed by atoms with van der Waals surface area (Å²) < 4.78 is 0. The zero-order valence-corrected chi connectivity index (χ0v) is 17.0. The Balaban J connectivity index is 1.50. The van der Waals surface area contributed by atoms with Gasteiger partial charge in [0.25, 0.3) is 0 Å². The molecule has 1 aliphatic heterocycles. The Bertz CT molecular complexity index is 782. The van der Waals surface area contributed by atoms with Gasteiger partial charge in [0.1, 0.15) is 5.75 Å². The second-order valence-electron chi connectivity index (χ2n) is 7.55. The van der Waals surface area contributed by atoms with E-state index in [2.05, 4.69) is 58.6 Å². The van der Waals surface area contributed by atoms with Crippen molar-refractivity contribution in [3.8, 4) is 5.75 Å². The molecule has 0 radical (unpaired) electrons. The van der Waals surface area contributed by atoms with E-state index in [0.717, 1.165) is 50.5 Å². The minimum absolute atomic E-state index is 0.284. The molecule has 3 rings (SSSR count). The Morgan fingerprint density at radius 2 is 1.86 bits per heavy atom. The summed E-state index contributed by atoms with van der Waals surface area (Å²) in [5.41, 5.74) is 3.73. The standard InChI is InChI=1S/C23H32N4O/c1-3-24-23(25-16-19-7-5-9-22(28)15-19)26-21-10-12-27(13-11-21)17-20-8-4-6-18(2)14-20/h4-9,14-15,21,28H,3,10-13,16-17H2,1-2H3,(H2,24,25,26). The van der Waals surface area contributed by atoms with Crippen LogP contribution in [0.15, 0.2) is 53.5 Å². The quantitative estimate of drug-likeness (QED) is 0.531. The monoisotopic (exact) mass is 380 g/mol. The van der Waals surface area contributed by atoms with Gasteiger partial charge >= 0.3 is 0 Å². The smallest absolute Gasteiger partial charge is 0.191 e. The number of guanidine groups is 1. The van der Waals surface area contributed by atoms with Gasteiger partial charge in [-0.1, -0.05) is 42.0 Å². The number of hydrogen-bond acceptors (Lipinski definition) is 3. The van der Waals surface area contributed by atoms with Crippen molar-refractivity contribution in [3.05, 3.63) is 65.2 Å². The largest absolute Gasteiger partial charge is 0.508 e. The minimum atomic E-state index is 0.284. The number of likely N-dealkylation sites (tertiary alicyclic amines) is 1. The minimum Gasteiger partial charge on any atom is -0.508 e. The van der Waals surface area contributed by atoms with Crippen LogP contribution in [0.25, 0.3) is 0 Å². The first-order chi connectivity index (χ1) is 13.6. The van der Waals surface area contributed by atoms with Crippen LogP contribution in [0.1, 0.15) is 36.5 Å². The van der Waals surface area contributed by atoms with Crippen molar-refractivity contribution in [1.29, 1.82) is 0 Å². The van der Waals surface area contributed by atoms with Crippen LogP contribution in [0.5, 0.6) is 5.75 Å². The molecule has 150 valence electrons. The average molecular weight is 381 g/mol. The van der Waals surface area contributed by atoms with E-state index in [-0.39, 0.29) is 5.75 Å². The summed E-state index contributed by atoms with van der Waals surface area (Å²) in [4.78, 5) is 7.22. The first-order valence-corrected chi connectivity index (χ1v) is 10.2. The third kappa shape index (κ3) is 6.27. The fourth-order valence-corrected chi connectivity index (χ4v) is 3.64. The molecule has 0 bridgehead atoms. The van der Waals surface area contributed by atoms with Gasteiger partial charge in [0, 0.05) is 32.2 Å². The van der Waals surface area contributed by atoms with Gasteiger partial charge in [-0.25, -0.2) is 4.99 Å². The Hall–Kier alpha value is -2.53. The summed E-state index contributed by atoms with van der Waals surface area (Å²) in [7, 11) is 0. The molecular weight excluding hydrogens is 348 g/mol. The SMILES string of the molecule is CCNC(=NCc1cccc(O)c1)NC1CCN(Cc2cccc(C)c2)CC1. The molecule has 0 atom stereocenters. The molecule has 1 fully saturated rings. The summed E-state index contributed by atoms with van der Waals surface area (Å²) in [6.07, 6.45) is 2.23. The number of aliphatic imine (C=N–C) groups is 1. The highest BCUT2D eigenvalue weighted by molar-refractivity contribution is 5.80. The van der Waals surface area contributed by atoms with E-state index < -0.39 is 0 Å². The summed E-state index contributed by atoms with van der Waals surface area (Å²) in [6, 6.07) is 16.5. The molecule has 5 nitrogen and oxygen atoms in total. The van der Waals surface area contributed by atoms with E-state index in [0.29, 0.717) is 12.6 Å². The van der Waals surface area contributed by atoms with Crippen molar-refractivity contribution in [1.82, 2.24) is 15.5 Å². The van der Waals surface area contributed by atoms with Crippen molar-refractivity contribution in [2.45, 2.75) is 45.8 Å². The summed E-state index contributed by atoms with van der Waals surface area (Å²) in [5.74, 6) is 1.13. The van der Waals surface area contributed by atoms with Crippen LogP contribution >= 0.6 is 0 Å². The zero-order valence-electron chi connectivity index (χ0n) is 17.0. The number of aromatic hydroxyl groups is 1. The molecule has 2 aromatic carbocycles. The highest BCUT2D eigenvalue weighted by Crippen LogP contribution is 2.15. The van der Waals surface area contributed by atoms with Crippen molar-refractivity contribution in [3.63, 3.8) is 0 Å². The van der Waals surface area contributed by atoms with E-state index >= 15 is 0 Å². The normalized spacial score (nSPS) is 16.1. The number of hydrogen-bond donors (Lipinski definition) is 3.